The molecule has 0 aliphatic rings. The van der Waals surface area contributed by atoms with E-state index >= 15 is 0 Å². The second-order valence-electron chi connectivity index (χ2n) is 4.06. The van der Waals surface area contributed by atoms with Crippen LogP contribution in [0.2, 0.25) is 0 Å². The van der Waals surface area contributed by atoms with Gasteiger partial charge in [0.05, 0.1) is 17.3 Å². The average molecular weight is 307 g/mol. The van der Waals surface area contributed by atoms with Crippen LogP contribution in [0.3, 0.4) is 0 Å². The molecule has 0 atom stereocenters. The maximum absolute atomic E-state index is 12.0. The lowest BCUT2D eigenvalue weighted by molar-refractivity contribution is 0.102. The molecule has 0 saturated carbocycles. The van der Waals surface area contributed by atoms with Gasteiger partial charge in [-0.3, -0.25) is 9.78 Å². The van der Waals surface area contributed by atoms with Crippen LogP contribution in [-0.2, 0) is 10.0 Å². The van der Waals surface area contributed by atoms with Crippen LogP contribution < -0.4 is 15.8 Å². The van der Waals surface area contributed by atoms with Gasteiger partial charge in [0.15, 0.2) is 0 Å². The monoisotopic (exact) mass is 307 g/mol. The van der Waals surface area contributed by atoms with Crippen molar-refractivity contribution in [1.82, 2.24) is 9.97 Å². The number of benzene rings is 1. The number of carbonyl (C=O) groups excluding carboxylic acids is 1. The SMILES string of the molecule is CNc1cncc(C(=O)Nc2ccc(S(N)(=O)=O)cc2)n1. The standard InChI is InChI=1S/C12H13N5O3S/c1-14-11-7-15-6-10(17-11)12(18)16-8-2-4-9(5-3-8)21(13,19)20/h2-7H,1H3,(H,14,17)(H,16,18)(H2,13,19,20). The average Bonchev–Trinajstić information content (AvgIpc) is 2.47. The lowest BCUT2D eigenvalue weighted by Crippen LogP contribution is -2.15. The van der Waals surface area contributed by atoms with Gasteiger partial charge in [-0.25, -0.2) is 18.5 Å². The summed E-state index contributed by atoms with van der Waals surface area (Å²) in [6, 6.07) is 5.49. The Kier molecular flexibility index (Phi) is 4.15. The zero-order valence-electron chi connectivity index (χ0n) is 11.1. The minimum Gasteiger partial charge on any atom is -0.372 e. The van der Waals surface area contributed by atoms with Crippen LogP contribution in [0.5, 0.6) is 0 Å². The molecule has 0 unspecified atom stereocenters. The predicted molar refractivity (Wildman–Crippen MR) is 77.3 cm³/mol. The number of hydrogen-bond acceptors (Lipinski definition) is 6. The largest absolute Gasteiger partial charge is 0.372 e. The normalized spacial score (nSPS) is 11.0. The Bertz CT molecular complexity index is 759. The number of amides is 1. The molecule has 2 aromatic rings. The Morgan fingerprint density at radius 2 is 1.86 bits per heavy atom. The van der Waals surface area contributed by atoms with Crippen LogP contribution in [0.1, 0.15) is 10.5 Å². The molecule has 0 aliphatic carbocycles. The summed E-state index contributed by atoms with van der Waals surface area (Å²) in [4.78, 5) is 19.9. The molecule has 1 heterocycles. The van der Waals surface area contributed by atoms with Crippen LogP contribution in [0.15, 0.2) is 41.6 Å². The minimum atomic E-state index is -3.75. The quantitative estimate of drug-likeness (QED) is 0.751. The Morgan fingerprint density at radius 1 is 1.19 bits per heavy atom. The molecule has 1 aromatic heterocycles. The number of rotatable bonds is 4. The molecule has 0 spiro atoms. The predicted octanol–water partition coefficient (Wildman–Crippen LogP) is 0.418. The molecule has 21 heavy (non-hydrogen) atoms. The fourth-order valence-corrected chi connectivity index (χ4v) is 2.03. The van der Waals surface area contributed by atoms with Crippen molar-refractivity contribution in [2.75, 3.05) is 17.7 Å². The molecule has 0 aliphatic heterocycles. The smallest absolute Gasteiger partial charge is 0.275 e. The number of hydrogen-bond donors (Lipinski definition) is 3. The topological polar surface area (TPSA) is 127 Å². The molecule has 9 heteroatoms. The van der Waals surface area contributed by atoms with E-state index in [2.05, 4.69) is 20.6 Å². The van der Waals surface area contributed by atoms with E-state index in [1.807, 2.05) is 0 Å². The Labute approximate surface area is 121 Å². The fraction of sp³-hybridized carbons (Fsp3) is 0.0833. The Morgan fingerprint density at radius 3 is 2.43 bits per heavy atom. The zero-order chi connectivity index (χ0) is 15.5. The number of nitrogens with one attached hydrogen (secondary N) is 2. The number of primary sulfonamides is 1. The minimum absolute atomic E-state index is 0.0301. The molecule has 1 aromatic carbocycles. The maximum atomic E-state index is 12.0. The molecular weight excluding hydrogens is 294 g/mol. The molecule has 0 radical (unpaired) electrons. The van der Waals surface area contributed by atoms with Crippen LogP contribution in [0.25, 0.3) is 0 Å². The van der Waals surface area contributed by atoms with Crippen molar-refractivity contribution in [3.8, 4) is 0 Å². The summed E-state index contributed by atoms with van der Waals surface area (Å²) in [6.45, 7) is 0. The number of nitrogens with zero attached hydrogens (tertiary/aromatic N) is 2. The Hall–Kier alpha value is -2.52. The van der Waals surface area contributed by atoms with E-state index < -0.39 is 15.9 Å². The molecule has 110 valence electrons. The third kappa shape index (κ3) is 3.74. The highest BCUT2D eigenvalue weighted by Gasteiger charge is 2.11. The van der Waals surface area contributed by atoms with E-state index in [0.717, 1.165) is 0 Å². The van der Waals surface area contributed by atoms with E-state index in [9.17, 15) is 13.2 Å². The summed E-state index contributed by atoms with van der Waals surface area (Å²) in [5, 5.41) is 10.4. The maximum Gasteiger partial charge on any atom is 0.275 e. The van der Waals surface area contributed by atoms with Gasteiger partial charge >= 0.3 is 0 Å². The summed E-state index contributed by atoms with van der Waals surface area (Å²) in [6.07, 6.45) is 2.81. The molecule has 0 fully saturated rings. The fourth-order valence-electron chi connectivity index (χ4n) is 1.52. The van der Waals surface area contributed by atoms with E-state index in [-0.39, 0.29) is 10.6 Å². The lowest BCUT2D eigenvalue weighted by atomic mass is 10.3. The van der Waals surface area contributed by atoms with Crippen molar-refractivity contribution >= 4 is 27.4 Å². The van der Waals surface area contributed by atoms with Crippen molar-refractivity contribution < 1.29 is 13.2 Å². The molecule has 4 N–H and O–H groups in total. The molecule has 0 bridgehead atoms. The first kappa shape index (κ1) is 14.9. The highest BCUT2D eigenvalue weighted by Crippen LogP contribution is 2.13. The lowest BCUT2D eigenvalue weighted by Gasteiger charge is -2.06. The summed E-state index contributed by atoms with van der Waals surface area (Å²) in [7, 11) is -2.09. The van der Waals surface area contributed by atoms with Gasteiger partial charge in [0, 0.05) is 12.7 Å². The van der Waals surface area contributed by atoms with E-state index in [4.69, 9.17) is 5.14 Å². The highest BCUT2D eigenvalue weighted by molar-refractivity contribution is 7.89. The van der Waals surface area contributed by atoms with Crippen LogP contribution in [-0.4, -0.2) is 31.3 Å². The van der Waals surface area contributed by atoms with Crippen molar-refractivity contribution in [1.29, 1.82) is 0 Å². The number of anilines is 2. The number of aromatic nitrogens is 2. The van der Waals surface area contributed by atoms with Gasteiger partial charge < -0.3 is 10.6 Å². The first-order chi connectivity index (χ1) is 9.90. The molecule has 8 nitrogen and oxygen atoms in total. The molecule has 2 rings (SSSR count). The molecule has 0 saturated heterocycles. The van der Waals surface area contributed by atoms with Crippen LogP contribution in [0, 0.1) is 0 Å². The molecular formula is C12H13N5O3S. The number of sulfonamides is 1. The van der Waals surface area contributed by atoms with Gasteiger partial charge in [0.25, 0.3) is 5.91 Å². The van der Waals surface area contributed by atoms with Crippen LogP contribution in [0.4, 0.5) is 11.5 Å². The van der Waals surface area contributed by atoms with Gasteiger partial charge in [-0.15, -0.1) is 0 Å². The highest BCUT2D eigenvalue weighted by atomic mass is 32.2. The summed E-state index contributed by atoms with van der Waals surface area (Å²) in [5.41, 5.74) is 0.557. The van der Waals surface area contributed by atoms with Gasteiger partial charge in [-0.2, -0.15) is 0 Å². The van der Waals surface area contributed by atoms with Gasteiger partial charge in [-0.05, 0) is 24.3 Å². The summed E-state index contributed by atoms with van der Waals surface area (Å²) in [5.74, 6) is 0.00942. The summed E-state index contributed by atoms with van der Waals surface area (Å²) >= 11 is 0. The van der Waals surface area contributed by atoms with Crippen molar-refractivity contribution in [3.05, 3.63) is 42.4 Å². The summed E-state index contributed by atoms with van der Waals surface area (Å²) < 4.78 is 22.2. The Balaban J connectivity index is 2.16. The second kappa shape index (κ2) is 5.85. The van der Waals surface area contributed by atoms with E-state index in [0.29, 0.717) is 11.5 Å². The number of carbonyl (C=O) groups is 1. The van der Waals surface area contributed by atoms with Gasteiger partial charge in [0.2, 0.25) is 10.0 Å². The third-order valence-electron chi connectivity index (χ3n) is 2.56. The van der Waals surface area contributed by atoms with Crippen molar-refractivity contribution in [3.63, 3.8) is 0 Å². The first-order valence-electron chi connectivity index (χ1n) is 5.84. The van der Waals surface area contributed by atoms with E-state index in [1.54, 1.807) is 7.05 Å². The number of nitrogens with two attached hydrogens (primary N) is 1. The second-order valence-corrected chi connectivity index (χ2v) is 5.62. The van der Waals surface area contributed by atoms with Crippen LogP contribution >= 0.6 is 0 Å². The first-order valence-corrected chi connectivity index (χ1v) is 7.39. The third-order valence-corrected chi connectivity index (χ3v) is 3.49. The van der Waals surface area contributed by atoms with Gasteiger partial charge in [-0.1, -0.05) is 0 Å². The van der Waals surface area contributed by atoms with Crippen molar-refractivity contribution in [2.45, 2.75) is 4.90 Å². The molecule has 1 amide bonds. The van der Waals surface area contributed by atoms with Gasteiger partial charge in [0.1, 0.15) is 11.5 Å². The van der Waals surface area contributed by atoms with Crippen molar-refractivity contribution in [2.24, 2.45) is 5.14 Å². The zero-order valence-corrected chi connectivity index (χ0v) is 11.9. The van der Waals surface area contributed by atoms with E-state index in [1.165, 1.54) is 36.7 Å².